The number of fused-ring (bicyclic) bond motifs is 1. The molecule has 0 radical (unpaired) electrons. The van der Waals surface area contributed by atoms with E-state index >= 15 is 0 Å². The smallest absolute Gasteiger partial charge is 0.325 e. The minimum Gasteiger partial charge on any atom is -0.493 e. The van der Waals surface area contributed by atoms with Crippen LogP contribution in [0.1, 0.15) is 13.3 Å². The second-order valence-corrected chi connectivity index (χ2v) is 4.52. The topological polar surface area (TPSA) is 80.0 Å². The van der Waals surface area contributed by atoms with E-state index < -0.39 is 11.5 Å². The summed E-state index contributed by atoms with van der Waals surface area (Å²) in [6.07, 6.45) is 0.355. The molecule has 0 saturated heterocycles. The SMILES string of the molecule is COC(=O)C(C)(N)CCOc1ccc2c(c1)OCO2. The summed E-state index contributed by atoms with van der Waals surface area (Å²) in [6.45, 7) is 2.14. The molecule has 1 aromatic carbocycles. The quantitative estimate of drug-likeness (QED) is 0.804. The lowest BCUT2D eigenvalue weighted by Crippen LogP contribution is -2.46. The van der Waals surface area contributed by atoms with Gasteiger partial charge in [0.1, 0.15) is 11.3 Å². The molecule has 19 heavy (non-hydrogen) atoms. The van der Waals surface area contributed by atoms with Gasteiger partial charge in [-0.05, 0) is 19.1 Å². The first kappa shape index (κ1) is 13.5. The number of hydrogen-bond acceptors (Lipinski definition) is 6. The van der Waals surface area contributed by atoms with Gasteiger partial charge in [-0.1, -0.05) is 0 Å². The first-order chi connectivity index (χ1) is 9.03. The predicted octanol–water partition coefficient (Wildman–Crippen LogP) is 1.07. The zero-order chi connectivity index (χ0) is 13.9. The van der Waals surface area contributed by atoms with Gasteiger partial charge in [0, 0.05) is 12.5 Å². The zero-order valence-corrected chi connectivity index (χ0v) is 11.0. The highest BCUT2D eigenvalue weighted by Gasteiger charge is 2.29. The van der Waals surface area contributed by atoms with Crippen molar-refractivity contribution in [1.82, 2.24) is 0 Å². The van der Waals surface area contributed by atoms with E-state index in [1.165, 1.54) is 7.11 Å². The second-order valence-electron chi connectivity index (χ2n) is 4.52. The molecule has 1 aliphatic rings. The van der Waals surface area contributed by atoms with Gasteiger partial charge in [-0.15, -0.1) is 0 Å². The van der Waals surface area contributed by atoms with E-state index in [1.54, 1.807) is 25.1 Å². The van der Waals surface area contributed by atoms with Crippen molar-refractivity contribution in [3.63, 3.8) is 0 Å². The molecule has 0 saturated carbocycles. The standard InChI is InChI=1S/C13H17NO5/c1-13(14,12(15)16-2)5-6-17-9-3-4-10-11(7-9)19-8-18-10/h3-4,7H,5-6,8,14H2,1-2H3. The first-order valence-electron chi connectivity index (χ1n) is 5.93. The van der Waals surface area contributed by atoms with Crippen LogP contribution < -0.4 is 19.9 Å². The highest BCUT2D eigenvalue weighted by molar-refractivity contribution is 5.79. The van der Waals surface area contributed by atoms with Crippen LogP contribution in [-0.4, -0.2) is 32.0 Å². The van der Waals surface area contributed by atoms with Crippen LogP contribution in [0.25, 0.3) is 0 Å². The number of methoxy groups -OCH3 is 1. The molecule has 1 aliphatic heterocycles. The number of nitrogens with two attached hydrogens (primary N) is 1. The molecule has 0 spiro atoms. The lowest BCUT2D eigenvalue weighted by Gasteiger charge is -2.21. The number of carbonyl (C=O) groups excluding carboxylic acids is 1. The Morgan fingerprint density at radius 1 is 1.42 bits per heavy atom. The highest BCUT2D eigenvalue weighted by Crippen LogP contribution is 2.35. The Bertz CT molecular complexity index is 472. The number of benzene rings is 1. The maximum Gasteiger partial charge on any atom is 0.325 e. The van der Waals surface area contributed by atoms with Gasteiger partial charge < -0.3 is 24.7 Å². The van der Waals surface area contributed by atoms with Gasteiger partial charge in [0.15, 0.2) is 11.5 Å². The average molecular weight is 267 g/mol. The number of hydrogen-bond donors (Lipinski definition) is 1. The largest absolute Gasteiger partial charge is 0.493 e. The van der Waals surface area contributed by atoms with Crippen molar-refractivity contribution in [3.8, 4) is 17.2 Å². The van der Waals surface area contributed by atoms with Crippen LogP contribution in [0.2, 0.25) is 0 Å². The Morgan fingerprint density at radius 3 is 2.89 bits per heavy atom. The molecule has 6 heteroatoms. The summed E-state index contributed by atoms with van der Waals surface area (Å²) in [6, 6.07) is 5.30. The number of esters is 1. The van der Waals surface area contributed by atoms with Crippen molar-refractivity contribution in [1.29, 1.82) is 0 Å². The Hall–Kier alpha value is -1.95. The summed E-state index contributed by atoms with van der Waals surface area (Å²) in [5.74, 6) is 1.54. The van der Waals surface area contributed by atoms with Crippen LogP contribution in [0.15, 0.2) is 18.2 Å². The normalized spacial score (nSPS) is 15.7. The van der Waals surface area contributed by atoms with E-state index in [2.05, 4.69) is 4.74 Å². The molecule has 0 fully saturated rings. The number of carbonyl (C=O) groups is 1. The summed E-state index contributed by atoms with van der Waals surface area (Å²) in [7, 11) is 1.31. The average Bonchev–Trinajstić information content (AvgIpc) is 2.84. The lowest BCUT2D eigenvalue weighted by atomic mass is 10.0. The van der Waals surface area contributed by atoms with Gasteiger partial charge in [-0.25, -0.2) is 0 Å². The molecule has 0 aromatic heterocycles. The van der Waals surface area contributed by atoms with Gasteiger partial charge in [0.2, 0.25) is 6.79 Å². The molecule has 0 bridgehead atoms. The van der Waals surface area contributed by atoms with E-state index in [0.717, 1.165) is 0 Å². The molecule has 104 valence electrons. The van der Waals surface area contributed by atoms with E-state index in [1.807, 2.05) is 0 Å². The minimum absolute atomic E-state index is 0.224. The van der Waals surface area contributed by atoms with Gasteiger partial charge >= 0.3 is 5.97 Å². The van der Waals surface area contributed by atoms with Crippen LogP contribution >= 0.6 is 0 Å². The monoisotopic (exact) mass is 267 g/mol. The van der Waals surface area contributed by atoms with Crippen LogP contribution in [-0.2, 0) is 9.53 Å². The Labute approximate surface area is 111 Å². The third kappa shape index (κ3) is 3.08. The van der Waals surface area contributed by atoms with Gasteiger partial charge in [-0.2, -0.15) is 0 Å². The maximum absolute atomic E-state index is 11.4. The molecule has 1 aromatic rings. The van der Waals surface area contributed by atoms with Crippen LogP contribution in [0.4, 0.5) is 0 Å². The summed E-state index contributed by atoms with van der Waals surface area (Å²) in [5.41, 5.74) is 4.78. The van der Waals surface area contributed by atoms with Gasteiger partial charge in [0.25, 0.3) is 0 Å². The fourth-order valence-corrected chi connectivity index (χ4v) is 1.68. The van der Waals surface area contributed by atoms with Crippen molar-refractivity contribution in [3.05, 3.63) is 18.2 Å². The molecule has 6 nitrogen and oxygen atoms in total. The van der Waals surface area contributed by atoms with E-state index in [-0.39, 0.29) is 6.79 Å². The van der Waals surface area contributed by atoms with Crippen molar-refractivity contribution in [2.75, 3.05) is 20.5 Å². The lowest BCUT2D eigenvalue weighted by molar-refractivity contribution is -0.146. The van der Waals surface area contributed by atoms with E-state index in [4.69, 9.17) is 19.9 Å². The van der Waals surface area contributed by atoms with E-state index in [9.17, 15) is 4.79 Å². The first-order valence-corrected chi connectivity index (χ1v) is 5.93. The van der Waals surface area contributed by atoms with Crippen molar-refractivity contribution < 1.29 is 23.7 Å². The van der Waals surface area contributed by atoms with Crippen molar-refractivity contribution in [2.24, 2.45) is 5.73 Å². The second kappa shape index (κ2) is 5.36. The van der Waals surface area contributed by atoms with Crippen molar-refractivity contribution in [2.45, 2.75) is 18.9 Å². The third-order valence-electron chi connectivity index (χ3n) is 2.89. The van der Waals surface area contributed by atoms with Crippen LogP contribution in [0.5, 0.6) is 17.2 Å². The summed E-state index contributed by atoms with van der Waals surface area (Å²) in [4.78, 5) is 11.4. The van der Waals surface area contributed by atoms with Crippen LogP contribution in [0, 0.1) is 0 Å². The molecule has 1 unspecified atom stereocenters. The fraction of sp³-hybridized carbons (Fsp3) is 0.462. The summed E-state index contributed by atoms with van der Waals surface area (Å²) >= 11 is 0. The summed E-state index contributed by atoms with van der Waals surface area (Å²) < 4.78 is 20.6. The number of ether oxygens (including phenoxy) is 4. The van der Waals surface area contributed by atoms with Gasteiger partial charge in [-0.3, -0.25) is 4.79 Å². The fourth-order valence-electron chi connectivity index (χ4n) is 1.68. The zero-order valence-electron chi connectivity index (χ0n) is 11.0. The Kier molecular flexibility index (Phi) is 3.80. The molecule has 2 N–H and O–H groups in total. The van der Waals surface area contributed by atoms with Gasteiger partial charge in [0.05, 0.1) is 13.7 Å². The van der Waals surface area contributed by atoms with E-state index in [0.29, 0.717) is 30.3 Å². The molecule has 0 amide bonds. The molecule has 0 aliphatic carbocycles. The maximum atomic E-state index is 11.4. The predicted molar refractivity (Wildman–Crippen MR) is 67.3 cm³/mol. The molecular weight excluding hydrogens is 250 g/mol. The molecular formula is C13H17NO5. The minimum atomic E-state index is -1.05. The third-order valence-corrected chi connectivity index (χ3v) is 2.89. The van der Waals surface area contributed by atoms with Crippen molar-refractivity contribution >= 4 is 5.97 Å². The molecule has 1 heterocycles. The Morgan fingerprint density at radius 2 is 2.16 bits per heavy atom. The number of rotatable bonds is 5. The molecule has 2 rings (SSSR count). The highest BCUT2D eigenvalue weighted by atomic mass is 16.7. The molecule has 1 atom stereocenters. The Balaban J connectivity index is 1.88. The summed E-state index contributed by atoms with van der Waals surface area (Å²) in [5, 5.41) is 0. The van der Waals surface area contributed by atoms with Crippen LogP contribution in [0.3, 0.4) is 0 Å².